The molecule has 8 heteroatoms. The molecule has 1 aromatic rings. The first-order valence-corrected chi connectivity index (χ1v) is 5.42. The zero-order valence-electron chi connectivity index (χ0n) is 10.0. The molecule has 1 aromatic heterocycles. The largest absolute Gasteiger partial charge is 0.451 e. The lowest BCUT2D eigenvalue weighted by molar-refractivity contribution is -0.144. The number of hydrogen-bond donors (Lipinski definition) is 3. The molecule has 0 aliphatic heterocycles. The maximum atomic E-state index is 12.5. The first-order chi connectivity index (χ1) is 8.36. The van der Waals surface area contributed by atoms with Crippen molar-refractivity contribution in [3.63, 3.8) is 0 Å². The van der Waals surface area contributed by atoms with E-state index in [2.05, 4.69) is 20.6 Å². The van der Waals surface area contributed by atoms with Gasteiger partial charge in [-0.3, -0.25) is 0 Å². The van der Waals surface area contributed by atoms with Crippen LogP contribution in [0.5, 0.6) is 0 Å². The summed E-state index contributed by atoms with van der Waals surface area (Å²) in [5, 5.41) is 14.5. The van der Waals surface area contributed by atoms with E-state index in [4.69, 9.17) is 0 Å². The maximum Gasteiger partial charge on any atom is 0.451 e. The number of hydrogen-bond acceptors (Lipinski definition) is 5. The van der Waals surface area contributed by atoms with Crippen LogP contribution >= 0.6 is 0 Å². The summed E-state index contributed by atoms with van der Waals surface area (Å²) in [6.45, 7) is 1.90. The van der Waals surface area contributed by atoms with E-state index in [1.54, 1.807) is 6.92 Å². The number of aliphatic hydroxyl groups excluding tert-OH is 1. The molecule has 0 amide bonds. The van der Waals surface area contributed by atoms with Crippen molar-refractivity contribution in [2.75, 3.05) is 24.2 Å². The van der Waals surface area contributed by atoms with Gasteiger partial charge in [-0.15, -0.1) is 0 Å². The van der Waals surface area contributed by atoms with Crippen molar-refractivity contribution in [1.29, 1.82) is 0 Å². The van der Waals surface area contributed by atoms with Crippen molar-refractivity contribution >= 4 is 11.6 Å². The number of anilines is 2. The molecule has 0 fully saturated rings. The molecular weight excluding hydrogens is 249 g/mol. The summed E-state index contributed by atoms with van der Waals surface area (Å²) < 4.78 is 37.6. The Morgan fingerprint density at radius 2 is 1.94 bits per heavy atom. The van der Waals surface area contributed by atoms with Crippen LogP contribution in [0.3, 0.4) is 0 Å². The second-order valence-electron chi connectivity index (χ2n) is 3.65. The smallest absolute Gasteiger partial charge is 0.391 e. The number of aromatic nitrogens is 2. The van der Waals surface area contributed by atoms with Gasteiger partial charge in [-0.25, -0.2) is 9.97 Å². The number of nitrogens with one attached hydrogen (secondary N) is 2. The lowest BCUT2D eigenvalue weighted by Crippen LogP contribution is -2.20. The first-order valence-electron chi connectivity index (χ1n) is 5.42. The Morgan fingerprint density at radius 1 is 1.33 bits per heavy atom. The standard InChI is InChI=1S/C10H15F3N4O/c1-3-6(18)5-15-8-4-7(14-2)16-9(17-8)10(11,12)13/h4,6,18H,3,5H2,1-2H3,(H2,14,15,16,17). The van der Waals surface area contributed by atoms with Crippen molar-refractivity contribution in [2.24, 2.45) is 0 Å². The summed E-state index contributed by atoms with van der Waals surface area (Å²) in [6.07, 6.45) is -4.73. The van der Waals surface area contributed by atoms with E-state index in [0.29, 0.717) is 6.42 Å². The molecule has 1 rings (SSSR count). The average Bonchev–Trinajstić information content (AvgIpc) is 2.34. The second-order valence-corrected chi connectivity index (χ2v) is 3.65. The molecule has 3 N–H and O–H groups in total. The van der Waals surface area contributed by atoms with Crippen LogP contribution in [0.2, 0.25) is 0 Å². The van der Waals surface area contributed by atoms with Crippen molar-refractivity contribution < 1.29 is 18.3 Å². The normalized spacial score (nSPS) is 13.2. The highest BCUT2D eigenvalue weighted by Crippen LogP contribution is 2.28. The molecule has 0 aromatic carbocycles. The highest BCUT2D eigenvalue weighted by molar-refractivity contribution is 5.47. The molecule has 1 atom stereocenters. The molecular formula is C10H15F3N4O. The molecule has 1 heterocycles. The molecule has 5 nitrogen and oxygen atoms in total. The molecule has 0 spiro atoms. The number of halogens is 3. The van der Waals surface area contributed by atoms with Crippen molar-refractivity contribution in [3.8, 4) is 0 Å². The Balaban J connectivity index is 2.91. The molecule has 1 unspecified atom stereocenters. The maximum absolute atomic E-state index is 12.5. The predicted molar refractivity (Wildman–Crippen MR) is 61.4 cm³/mol. The number of nitrogens with zero attached hydrogens (tertiary/aromatic N) is 2. The van der Waals surface area contributed by atoms with Crippen LogP contribution in [0.15, 0.2) is 6.07 Å². The monoisotopic (exact) mass is 264 g/mol. The van der Waals surface area contributed by atoms with Crippen LogP contribution in [-0.4, -0.2) is 34.8 Å². The van der Waals surface area contributed by atoms with E-state index in [0.717, 1.165) is 0 Å². The topological polar surface area (TPSA) is 70.1 Å². The van der Waals surface area contributed by atoms with Gasteiger partial charge < -0.3 is 15.7 Å². The van der Waals surface area contributed by atoms with E-state index < -0.39 is 18.1 Å². The average molecular weight is 264 g/mol. The Hall–Kier alpha value is -1.57. The Morgan fingerprint density at radius 3 is 2.44 bits per heavy atom. The molecule has 0 saturated carbocycles. The molecule has 0 aliphatic carbocycles. The van der Waals surface area contributed by atoms with Gasteiger partial charge in [-0.1, -0.05) is 6.92 Å². The summed E-state index contributed by atoms with van der Waals surface area (Å²) >= 11 is 0. The van der Waals surface area contributed by atoms with Gasteiger partial charge in [0.1, 0.15) is 11.6 Å². The van der Waals surface area contributed by atoms with Gasteiger partial charge in [0.25, 0.3) is 0 Å². The molecule has 102 valence electrons. The van der Waals surface area contributed by atoms with E-state index in [-0.39, 0.29) is 18.2 Å². The fraction of sp³-hybridized carbons (Fsp3) is 0.600. The highest BCUT2D eigenvalue weighted by Gasteiger charge is 2.35. The SMILES string of the molecule is CCC(O)CNc1cc(NC)nc(C(F)(F)F)n1. The summed E-state index contributed by atoms with van der Waals surface area (Å²) in [5.74, 6) is -1.14. The van der Waals surface area contributed by atoms with Crippen molar-refractivity contribution in [3.05, 3.63) is 11.9 Å². The lowest BCUT2D eigenvalue weighted by atomic mass is 10.3. The van der Waals surface area contributed by atoms with Gasteiger partial charge in [0.05, 0.1) is 6.10 Å². The van der Waals surface area contributed by atoms with E-state index in [1.807, 2.05) is 0 Å². The lowest BCUT2D eigenvalue weighted by Gasteiger charge is -2.13. The third kappa shape index (κ3) is 4.02. The predicted octanol–water partition coefficient (Wildman–Crippen LogP) is 1.72. The zero-order chi connectivity index (χ0) is 13.8. The third-order valence-electron chi connectivity index (χ3n) is 2.23. The fourth-order valence-electron chi connectivity index (χ4n) is 1.16. The number of aliphatic hydroxyl groups is 1. The van der Waals surface area contributed by atoms with Crippen LogP contribution < -0.4 is 10.6 Å². The van der Waals surface area contributed by atoms with Crippen LogP contribution in [-0.2, 0) is 6.18 Å². The van der Waals surface area contributed by atoms with Crippen molar-refractivity contribution in [2.45, 2.75) is 25.6 Å². The quantitative estimate of drug-likeness (QED) is 0.755. The van der Waals surface area contributed by atoms with Gasteiger partial charge in [-0.2, -0.15) is 13.2 Å². The minimum absolute atomic E-state index is 0.0224. The molecule has 0 bridgehead atoms. The van der Waals surface area contributed by atoms with Gasteiger partial charge in [0.2, 0.25) is 5.82 Å². The third-order valence-corrected chi connectivity index (χ3v) is 2.23. The van der Waals surface area contributed by atoms with Crippen molar-refractivity contribution in [1.82, 2.24) is 9.97 Å². The van der Waals surface area contributed by atoms with E-state index in [1.165, 1.54) is 13.1 Å². The van der Waals surface area contributed by atoms with E-state index in [9.17, 15) is 18.3 Å². The Kier molecular flexibility index (Phi) is 4.71. The molecule has 18 heavy (non-hydrogen) atoms. The van der Waals surface area contributed by atoms with Gasteiger partial charge in [0.15, 0.2) is 0 Å². The Bertz CT molecular complexity index is 397. The molecule has 0 aliphatic rings. The molecule has 0 radical (unpaired) electrons. The minimum atomic E-state index is -4.60. The van der Waals surface area contributed by atoms with Gasteiger partial charge >= 0.3 is 6.18 Å². The summed E-state index contributed by atoms with van der Waals surface area (Å²) in [5.41, 5.74) is 0. The van der Waals surface area contributed by atoms with Crippen LogP contribution in [0.25, 0.3) is 0 Å². The van der Waals surface area contributed by atoms with Gasteiger partial charge in [0, 0.05) is 19.7 Å². The highest BCUT2D eigenvalue weighted by atomic mass is 19.4. The summed E-state index contributed by atoms with van der Waals surface area (Å²) in [6, 6.07) is 1.34. The van der Waals surface area contributed by atoms with Crippen LogP contribution in [0.4, 0.5) is 24.8 Å². The van der Waals surface area contributed by atoms with Crippen LogP contribution in [0, 0.1) is 0 Å². The minimum Gasteiger partial charge on any atom is -0.391 e. The fourth-order valence-corrected chi connectivity index (χ4v) is 1.16. The summed E-state index contributed by atoms with van der Waals surface area (Å²) in [7, 11) is 1.47. The van der Waals surface area contributed by atoms with Crippen LogP contribution in [0.1, 0.15) is 19.2 Å². The number of alkyl halides is 3. The second kappa shape index (κ2) is 5.85. The number of rotatable bonds is 5. The molecule has 0 saturated heterocycles. The van der Waals surface area contributed by atoms with Gasteiger partial charge in [-0.05, 0) is 6.42 Å². The zero-order valence-corrected chi connectivity index (χ0v) is 10.0. The Labute approximate surface area is 102 Å². The summed E-state index contributed by atoms with van der Waals surface area (Å²) in [4.78, 5) is 6.68. The van der Waals surface area contributed by atoms with E-state index >= 15 is 0 Å². The first kappa shape index (κ1) is 14.5.